The molecule has 1 heterocycles. The Balaban J connectivity index is 2.63. The summed E-state index contributed by atoms with van der Waals surface area (Å²) in [5.41, 5.74) is -0.296. The maximum atomic E-state index is 11.6. The van der Waals surface area contributed by atoms with Crippen molar-refractivity contribution in [1.29, 1.82) is 0 Å². The van der Waals surface area contributed by atoms with E-state index in [0.29, 0.717) is 12.8 Å². The smallest absolute Gasteiger partial charge is 0.326 e. The first-order valence-electron chi connectivity index (χ1n) is 5.72. The summed E-state index contributed by atoms with van der Waals surface area (Å²) in [6, 6.07) is 3.65. The third-order valence-electron chi connectivity index (χ3n) is 2.42. The predicted octanol–water partition coefficient (Wildman–Crippen LogP) is 0.218. The number of carboxylic acids is 1. The highest BCUT2D eigenvalue weighted by molar-refractivity contribution is 5.83. The number of hydrogen-bond donors (Lipinski definition) is 2. The fourth-order valence-electron chi connectivity index (χ4n) is 1.53. The molecule has 1 aromatic heterocycles. The molecule has 0 aliphatic carbocycles. The Hall–Kier alpha value is -2.11. The number of carbonyl (C=O) groups is 2. The van der Waals surface area contributed by atoms with E-state index in [1.54, 1.807) is 12.1 Å². The summed E-state index contributed by atoms with van der Waals surface area (Å²) in [6.07, 6.45) is 2.50. The van der Waals surface area contributed by atoms with Crippen LogP contribution in [0.5, 0.6) is 0 Å². The Kier molecular flexibility index (Phi) is 5.10. The summed E-state index contributed by atoms with van der Waals surface area (Å²) < 4.78 is 1.22. The standard InChI is InChI=1S/C12H16N2O4/c1-2-5-9(12(17)18)13-10(15)8-14-7-4-3-6-11(14)16/h3-4,6-7,9H,2,5,8H2,1H3,(H,13,15)(H,17,18). The molecule has 0 fully saturated rings. The van der Waals surface area contributed by atoms with Crippen molar-refractivity contribution in [3.05, 3.63) is 34.7 Å². The monoisotopic (exact) mass is 252 g/mol. The number of rotatable bonds is 6. The minimum absolute atomic E-state index is 0.173. The number of carboxylic acid groups (broad SMARTS) is 1. The first-order valence-corrected chi connectivity index (χ1v) is 5.72. The predicted molar refractivity (Wildman–Crippen MR) is 65.2 cm³/mol. The van der Waals surface area contributed by atoms with Gasteiger partial charge in [-0.25, -0.2) is 4.79 Å². The molecule has 0 aromatic carbocycles. The van der Waals surface area contributed by atoms with Crippen molar-refractivity contribution >= 4 is 11.9 Å². The Bertz CT molecular complexity index is 481. The van der Waals surface area contributed by atoms with E-state index in [2.05, 4.69) is 5.32 Å². The number of nitrogens with one attached hydrogen (secondary N) is 1. The summed E-state index contributed by atoms with van der Waals surface area (Å²) in [5.74, 6) is -1.55. The van der Waals surface area contributed by atoms with Gasteiger partial charge in [-0.1, -0.05) is 19.4 Å². The van der Waals surface area contributed by atoms with Crippen molar-refractivity contribution in [1.82, 2.24) is 9.88 Å². The lowest BCUT2D eigenvalue weighted by molar-refractivity contribution is -0.142. The van der Waals surface area contributed by atoms with Crippen LogP contribution in [-0.4, -0.2) is 27.6 Å². The molecule has 1 atom stereocenters. The molecular formula is C12H16N2O4. The lowest BCUT2D eigenvalue weighted by atomic mass is 10.1. The number of pyridine rings is 1. The van der Waals surface area contributed by atoms with Gasteiger partial charge in [0.2, 0.25) is 5.91 Å². The summed E-state index contributed by atoms with van der Waals surface area (Å²) in [5, 5.41) is 11.3. The number of nitrogens with zero attached hydrogens (tertiary/aromatic N) is 1. The van der Waals surface area contributed by atoms with E-state index in [1.165, 1.54) is 16.8 Å². The highest BCUT2D eigenvalue weighted by Gasteiger charge is 2.18. The van der Waals surface area contributed by atoms with Gasteiger partial charge in [0.1, 0.15) is 12.6 Å². The van der Waals surface area contributed by atoms with Gasteiger partial charge in [-0.05, 0) is 12.5 Å². The van der Waals surface area contributed by atoms with Gasteiger partial charge in [0.15, 0.2) is 0 Å². The zero-order valence-electron chi connectivity index (χ0n) is 10.1. The van der Waals surface area contributed by atoms with Gasteiger partial charge in [-0.2, -0.15) is 0 Å². The van der Waals surface area contributed by atoms with E-state index in [0.717, 1.165) is 0 Å². The number of aromatic nitrogens is 1. The number of hydrogen-bond acceptors (Lipinski definition) is 3. The van der Waals surface area contributed by atoms with E-state index in [-0.39, 0.29) is 12.1 Å². The summed E-state index contributed by atoms with van der Waals surface area (Å²) in [7, 11) is 0. The van der Waals surface area contributed by atoms with Crippen molar-refractivity contribution in [3.8, 4) is 0 Å². The van der Waals surface area contributed by atoms with Crippen LogP contribution in [0.1, 0.15) is 19.8 Å². The maximum absolute atomic E-state index is 11.6. The Labute approximate surface area is 104 Å². The SMILES string of the molecule is CCCC(NC(=O)Cn1ccccc1=O)C(=O)O. The van der Waals surface area contributed by atoms with Gasteiger partial charge < -0.3 is 15.0 Å². The minimum atomic E-state index is -1.06. The van der Waals surface area contributed by atoms with E-state index >= 15 is 0 Å². The van der Waals surface area contributed by atoms with Crippen LogP contribution in [0.2, 0.25) is 0 Å². The zero-order valence-corrected chi connectivity index (χ0v) is 10.1. The van der Waals surface area contributed by atoms with E-state index in [9.17, 15) is 14.4 Å². The van der Waals surface area contributed by atoms with Crippen molar-refractivity contribution in [2.75, 3.05) is 0 Å². The molecule has 0 aliphatic heterocycles. The van der Waals surface area contributed by atoms with Crippen molar-refractivity contribution in [2.45, 2.75) is 32.4 Å². The van der Waals surface area contributed by atoms with Crippen molar-refractivity contribution < 1.29 is 14.7 Å². The molecule has 0 bridgehead atoms. The first-order chi connectivity index (χ1) is 8.54. The molecule has 6 nitrogen and oxygen atoms in total. The van der Waals surface area contributed by atoms with Crippen molar-refractivity contribution in [2.24, 2.45) is 0 Å². The van der Waals surface area contributed by atoms with Crippen LogP contribution >= 0.6 is 0 Å². The third kappa shape index (κ3) is 4.04. The third-order valence-corrected chi connectivity index (χ3v) is 2.42. The number of aliphatic carboxylic acids is 1. The fourth-order valence-corrected chi connectivity index (χ4v) is 1.53. The largest absolute Gasteiger partial charge is 0.480 e. The molecule has 1 aromatic rings. The Morgan fingerprint density at radius 1 is 1.44 bits per heavy atom. The highest BCUT2D eigenvalue weighted by Crippen LogP contribution is 1.97. The second-order valence-electron chi connectivity index (χ2n) is 3.91. The molecule has 0 saturated carbocycles. The van der Waals surface area contributed by atoms with Crippen LogP contribution in [0.25, 0.3) is 0 Å². The molecule has 2 N–H and O–H groups in total. The average Bonchev–Trinajstić information content (AvgIpc) is 2.31. The van der Waals surface area contributed by atoms with Crippen LogP contribution in [0.4, 0.5) is 0 Å². The lowest BCUT2D eigenvalue weighted by Gasteiger charge is -2.13. The van der Waals surface area contributed by atoms with Crippen LogP contribution in [0.3, 0.4) is 0 Å². The Morgan fingerprint density at radius 2 is 2.17 bits per heavy atom. The molecular weight excluding hydrogens is 236 g/mol. The van der Waals surface area contributed by atoms with E-state index in [4.69, 9.17) is 5.11 Å². The molecule has 1 unspecified atom stereocenters. The van der Waals surface area contributed by atoms with E-state index < -0.39 is 17.9 Å². The second kappa shape index (κ2) is 6.58. The molecule has 98 valence electrons. The molecule has 0 radical (unpaired) electrons. The zero-order chi connectivity index (χ0) is 13.5. The van der Waals surface area contributed by atoms with Crippen molar-refractivity contribution in [3.63, 3.8) is 0 Å². The molecule has 1 amide bonds. The average molecular weight is 252 g/mol. The summed E-state index contributed by atoms with van der Waals surface area (Å²) in [6.45, 7) is 1.66. The number of amides is 1. The normalized spacial score (nSPS) is 11.8. The lowest BCUT2D eigenvalue weighted by Crippen LogP contribution is -2.43. The minimum Gasteiger partial charge on any atom is -0.480 e. The molecule has 18 heavy (non-hydrogen) atoms. The molecule has 1 rings (SSSR count). The molecule has 0 spiro atoms. The molecule has 0 saturated heterocycles. The molecule has 6 heteroatoms. The Morgan fingerprint density at radius 3 is 2.72 bits per heavy atom. The quantitative estimate of drug-likeness (QED) is 0.758. The second-order valence-corrected chi connectivity index (χ2v) is 3.91. The fraction of sp³-hybridized carbons (Fsp3) is 0.417. The highest BCUT2D eigenvalue weighted by atomic mass is 16.4. The van der Waals surface area contributed by atoms with Crippen LogP contribution < -0.4 is 10.9 Å². The summed E-state index contributed by atoms with van der Waals surface area (Å²) in [4.78, 5) is 33.8. The van der Waals surface area contributed by atoms with Gasteiger partial charge in [0.05, 0.1) is 0 Å². The van der Waals surface area contributed by atoms with Gasteiger partial charge >= 0.3 is 5.97 Å². The van der Waals surface area contributed by atoms with Crippen LogP contribution in [-0.2, 0) is 16.1 Å². The van der Waals surface area contributed by atoms with Gasteiger partial charge in [-0.15, -0.1) is 0 Å². The van der Waals surface area contributed by atoms with Gasteiger partial charge in [0.25, 0.3) is 5.56 Å². The van der Waals surface area contributed by atoms with Gasteiger partial charge in [0, 0.05) is 12.3 Å². The van der Waals surface area contributed by atoms with Gasteiger partial charge in [-0.3, -0.25) is 9.59 Å². The molecule has 0 aliphatic rings. The van der Waals surface area contributed by atoms with E-state index in [1.807, 2.05) is 6.92 Å². The maximum Gasteiger partial charge on any atom is 0.326 e. The topological polar surface area (TPSA) is 88.4 Å². The summed E-state index contributed by atoms with van der Waals surface area (Å²) >= 11 is 0. The number of carbonyl (C=O) groups excluding carboxylic acids is 1. The first kappa shape index (κ1) is 14.0. The van der Waals surface area contributed by atoms with Crippen LogP contribution in [0, 0.1) is 0 Å². The van der Waals surface area contributed by atoms with Crippen LogP contribution in [0.15, 0.2) is 29.2 Å².